The number of aliphatic hydroxyl groups excluding tert-OH is 1. The molecule has 3 rings (SSSR count). The minimum atomic E-state index is -0.176. The molecule has 0 spiro atoms. The first-order valence-electron chi connectivity index (χ1n) is 6.85. The average molecular weight is 274 g/mol. The quantitative estimate of drug-likeness (QED) is 0.867. The molecule has 1 fully saturated rings. The molecule has 6 heteroatoms. The molecule has 2 aromatic heterocycles. The lowest BCUT2D eigenvalue weighted by Gasteiger charge is -2.08. The highest BCUT2D eigenvalue weighted by atomic mass is 16.3. The molecule has 0 atom stereocenters. The van der Waals surface area contributed by atoms with Crippen LogP contribution < -0.4 is 5.32 Å². The number of aromatic nitrogens is 3. The van der Waals surface area contributed by atoms with Gasteiger partial charge in [-0.3, -0.25) is 9.48 Å². The van der Waals surface area contributed by atoms with Crippen LogP contribution in [0.3, 0.4) is 0 Å². The van der Waals surface area contributed by atoms with E-state index in [1.165, 1.54) is 0 Å². The van der Waals surface area contributed by atoms with Gasteiger partial charge in [0.15, 0.2) is 5.65 Å². The van der Waals surface area contributed by atoms with Crippen molar-refractivity contribution in [2.75, 3.05) is 13.2 Å². The Bertz CT molecular complexity index is 673. The molecular formula is C14H18N4O2. The highest BCUT2D eigenvalue weighted by Crippen LogP contribution is 2.40. The van der Waals surface area contributed by atoms with Crippen molar-refractivity contribution in [1.29, 1.82) is 0 Å². The molecule has 2 N–H and O–H groups in total. The summed E-state index contributed by atoms with van der Waals surface area (Å²) < 4.78 is 1.72. The zero-order valence-electron chi connectivity index (χ0n) is 11.7. The van der Waals surface area contributed by atoms with E-state index < -0.39 is 0 Å². The molecule has 0 bridgehead atoms. The third-order valence-corrected chi connectivity index (χ3v) is 3.63. The Kier molecular flexibility index (Phi) is 3.17. The largest absolute Gasteiger partial charge is 0.395 e. The predicted octanol–water partition coefficient (Wildman–Crippen LogP) is 0.876. The molecule has 0 aliphatic heterocycles. The topological polar surface area (TPSA) is 80.0 Å². The van der Waals surface area contributed by atoms with Gasteiger partial charge in [0, 0.05) is 25.2 Å². The van der Waals surface area contributed by atoms with Crippen LogP contribution in [-0.4, -0.2) is 38.9 Å². The molecule has 106 valence electrons. The lowest BCUT2D eigenvalue weighted by Crippen LogP contribution is -2.26. The van der Waals surface area contributed by atoms with E-state index in [2.05, 4.69) is 15.4 Å². The maximum Gasteiger partial charge on any atom is 0.252 e. The predicted molar refractivity (Wildman–Crippen MR) is 74.6 cm³/mol. The van der Waals surface area contributed by atoms with Gasteiger partial charge in [0.2, 0.25) is 0 Å². The number of aliphatic hydroxyl groups is 1. The maximum absolute atomic E-state index is 12.3. The monoisotopic (exact) mass is 274 g/mol. The fraction of sp³-hybridized carbons (Fsp3) is 0.500. The Morgan fingerprint density at radius 1 is 1.55 bits per heavy atom. The Morgan fingerprint density at radius 3 is 2.95 bits per heavy atom. The van der Waals surface area contributed by atoms with Gasteiger partial charge in [-0.15, -0.1) is 0 Å². The van der Waals surface area contributed by atoms with Gasteiger partial charge in [0.05, 0.1) is 23.3 Å². The number of hydrogen-bond donors (Lipinski definition) is 2. The van der Waals surface area contributed by atoms with Crippen molar-refractivity contribution in [3.8, 4) is 0 Å². The molecule has 0 aromatic carbocycles. The number of nitrogens with one attached hydrogen (secondary N) is 1. The fourth-order valence-corrected chi connectivity index (χ4v) is 2.50. The lowest BCUT2D eigenvalue weighted by molar-refractivity contribution is 0.0946. The number of rotatable bonds is 4. The van der Waals surface area contributed by atoms with Gasteiger partial charge in [-0.1, -0.05) is 0 Å². The van der Waals surface area contributed by atoms with Gasteiger partial charge in [0.1, 0.15) is 0 Å². The van der Waals surface area contributed by atoms with Crippen LogP contribution in [0.15, 0.2) is 6.07 Å². The van der Waals surface area contributed by atoms with Gasteiger partial charge in [0.25, 0.3) is 5.91 Å². The van der Waals surface area contributed by atoms with Gasteiger partial charge >= 0.3 is 0 Å². The number of carbonyl (C=O) groups excluding carboxylic acids is 1. The van der Waals surface area contributed by atoms with Crippen molar-refractivity contribution in [2.45, 2.75) is 25.7 Å². The Hall–Kier alpha value is -1.95. The molecule has 1 aliphatic rings. The summed E-state index contributed by atoms with van der Waals surface area (Å²) in [6.45, 7) is 2.06. The summed E-state index contributed by atoms with van der Waals surface area (Å²) in [7, 11) is 1.84. The normalized spacial score (nSPS) is 14.8. The molecule has 2 aromatic rings. The maximum atomic E-state index is 12.3. The van der Waals surface area contributed by atoms with E-state index in [0.29, 0.717) is 11.5 Å². The molecule has 0 saturated heterocycles. The molecule has 1 amide bonds. The van der Waals surface area contributed by atoms with Crippen molar-refractivity contribution in [3.05, 3.63) is 23.0 Å². The molecular weight excluding hydrogens is 256 g/mol. The summed E-state index contributed by atoms with van der Waals surface area (Å²) in [5.41, 5.74) is 3.12. The van der Waals surface area contributed by atoms with Crippen molar-refractivity contribution >= 4 is 16.9 Å². The van der Waals surface area contributed by atoms with E-state index in [1.54, 1.807) is 4.68 Å². The SMILES string of the molecule is Cc1nn(C)c2nc(C3CC3)cc(C(=O)NCCO)c12. The van der Waals surface area contributed by atoms with E-state index in [1.807, 2.05) is 20.0 Å². The van der Waals surface area contributed by atoms with E-state index in [-0.39, 0.29) is 19.1 Å². The minimum Gasteiger partial charge on any atom is -0.395 e. The van der Waals surface area contributed by atoms with Gasteiger partial charge < -0.3 is 10.4 Å². The Morgan fingerprint density at radius 2 is 2.30 bits per heavy atom. The van der Waals surface area contributed by atoms with E-state index in [4.69, 9.17) is 5.11 Å². The van der Waals surface area contributed by atoms with Crippen LogP contribution in [0, 0.1) is 6.92 Å². The van der Waals surface area contributed by atoms with Crippen LogP contribution in [0.5, 0.6) is 0 Å². The van der Waals surface area contributed by atoms with Crippen LogP contribution in [0.4, 0.5) is 0 Å². The van der Waals surface area contributed by atoms with Gasteiger partial charge in [-0.25, -0.2) is 4.98 Å². The van der Waals surface area contributed by atoms with E-state index >= 15 is 0 Å². The standard InChI is InChI=1S/C14H18N4O2/c1-8-12-10(14(20)15-5-6-19)7-11(9-3-4-9)16-13(12)18(2)17-8/h7,9,19H,3-6H2,1-2H3,(H,15,20). The minimum absolute atomic E-state index is 0.0680. The number of nitrogens with zero attached hydrogens (tertiary/aromatic N) is 3. The van der Waals surface area contributed by atoms with Crippen molar-refractivity contribution < 1.29 is 9.90 Å². The first-order chi connectivity index (χ1) is 9.61. The smallest absolute Gasteiger partial charge is 0.252 e. The zero-order valence-corrected chi connectivity index (χ0v) is 11.7. The van der Waals surface area contributed by atoms with Crippen LogP contribution >= 0.6 is 0 Å². The highest BCUT2D eigenvalue weighted by Gasteiger charge is 2.28. The number of fused-ring (bicyclic) bond motifs is 1. The Balaban J connectivity index is 2.14. The summed E-state index contributed by atoms with van der Waals surface area (Å²) in [5.74, 6) is 0.295. The van der Waals surface area contributed by atoms with Crippen LogP contribution in [0.1, 0.15) is 40.5 Å². The van der Waals surface area contributed by atoms with Crippen molar-refractivity contribution in [2.24, 2.45) is 7.05 Å². The molecule has 0 unspecified atom stereocenters. The molecule has 2 heterocycles. The molecule has 20 heavy (non-hydrogen) atoms. The van der Waals surface area contributed by atoms with Gasteiger partial charge in [-0.05, 0) is 25.8 Å². The summed E-state index contributed by atoms with van der Waals surface area (Å²) in [6.07, 6.45) is 2.26. The summed E-state index contributed by atoms with van der Waals surface area (Å²) in [6, 6.07) is 1.88. The molecule has 1 aliphatic carbocycles. The van der Waals surface area contributed by atoms with Crippen LogP contribution in [0.25, 0.3) is 11.0 Å². The first kappa shape index (κ1) is 13.1. The summed E-state index contributed by atoms with van der Waals surface area (Å²) >= 11 is 0. The fourth-order valence-electron chi connectivity index (χ4n) is 2.50. The second-order valence-corrected chi connectivity index (χ2v) is 5.26. The number of aryl methyl sites for hydroxylation is 2. The number of hydrogen-bond acceptors (Lipinski definition) is 4. The second-order valence-electron chi connectivity index (χ2n) is 5.26. The molecule has 1 saturated carbocycles. The zero-order chi connectivity index (χ0) is 14.3. The van der Waals surface area contributed by atoms with Crippen LogP contribution in [0.2, 0.25) is 0 Å². The van der Waals surface area contributed by atoms with Crippen molar-refractivity contribution in [3.63, 3.8) is 0 Å². The first-order valence-corrected chi connectivity index (χ1v) is 6.85. The molecule has 6 nitrogen and oxygen atoms in total. The van der Waals surface area contributed by atoms with E-state index in [9.17, 15) is 4.79 Å². The molecule has 0 radical (unpaired) electrons. The summed E-state index contributed by atoms with van der Waals surface area (Å²) in [4.78, 5) is 16.9. The number of pyridine rings is 1. The lowest BCUT2D eigenvalue weighted by atomic mass is 10.1. The number of carbonyl (C=O) groups is 1. The second kappa shape index (κ2) is 4.86. The average Bonchev–Trinajstić information content (AvgIpc) is 3.23. The number of amides is 1. The van der Waals surface area contributed by atoms with E-state index in [0.717, 1.165) is 35.3 Å². The third-order valence-electron chi connectivity index (χ3n) is 3.63. The highest BCUT2D eigenvalue weighted by molar-refractivity contribution is 6.06. The van der Waals surface area contributed by atoms with Crippen LogP contribution in [-0.2, 0) is 7.05 Å². The van der Waals surface area contributed by atoms with Crippen molar-refractivity contribution in [1.82, 2.24) is 20.1 Å². The third kappa shape index (κ3) is 2.16. The summed E-state index contributed by atoms with van der Waals surface area (Å²) in [5, 5.41) is 16.7. The Labute approximate surface area is 116 Å². The van der Waals surface area contributed by atoms with Gasteiger partial charge in [-0.2, -0.15) is 5.10 Å².